The lowest BCUT2D eigenvalue weighted by Gasteiger charge is -2.08. The van der Waals surface area contributed by atoms with E-state index < -0.39 is 14.9 Å². The Morgan fingerprint density at radius 1 is 1.47 bits per heavy atom. The van der Waals surface area contributed by atoms with Crippen LogP contribution in [0.1, 0.15) is 13.3 Å². The molecule has 0 radical (unpaired) electrons. The molecular weight excluding hydrogens is 248 g/mol. The fraction of sp³-hybridized carbons (Fsp3) is 0.333. The summed E-state index contributed by atoms with van der Waals surface area (Å²) in [4.78, 5) is 9.46. The summed E-state index contributed by atoms with van der Waals surface area (Å²) in [5.41, 5.74) is -0.349. The maximum absolute atomic E-state index is 11.3. The Hall–Kier alpha value is -1.67. The second-order valence-corrected chi connectivity index (χ2v) is 4.81. The van der Waals surface area contributed by atoms with Crippen LogP contribution in [0.5, 0.6) is 5.75 Å². The summed E-state index contributed by atoms with van der Waals surface area (Å²) in [6, 6.07) is 3.29. The molecule has 0 heterocycles. The fourth-order valence-electron chi connectivity index (χ4n) is 1.16. The topological polar surface area (TPSA) is 113 Å². The van der Waals surface area contributed by atoms with Crippen molar-refractivity contribution >= 4 is 15.7 Å². The van der Waals surface area contributed by atoms with Crippen LogP contribution < -0.4 is 9.88 Å². The number of primary sulfonamides is 1. The highest BCUT2D eigenvalue weighted by molar-refractivity contribution is 7.89. The van der Waals surface area contributed by atoms with E-state index in [9.17, 15) is 18.5 Å². The number of hydrogen-bond acceptors (Lipinski definition) is 5. The standard InChI is InChI=1S/C9H12N2O5S/c1-2-5-16-8-4-3-7(11(12)13)6-9(8)17(10,14)15/h3-4,6H,2,5H2,1H3,(H2,10,14,15). The number of rotatable bonds is 5. The van der Waals surface area contributed by atoms with Crippen molar-refractivity contribution in [3.8, 4) is 5.75 Å². The van der Waals surface area contributed by atoms with Gasteiger partial charge in [-0.25, -0.2) is 13.6 Å². The number of hydrogen-bond donors (Lipinski definition) is 1. The SMILES string of the molecule is CCCOc1ccc([N+](=O)[O-])cc1S(N)(=O)=O. The van der Waals surface area contributed by atoms with E-state index in [4.69, 9.17) is 9.88 Å². The molecule has 0 aliphatic rings. The molecule has 0 aliphatic heterocycles. The molecule has 1 aromatic rings. The van der Waals surface area contributed by atoms with Crippen molar-refractivity contribution in [2.24, 2.45) is 5.14 Å². The van der Waals surface area contributed by atoms with Crippen LogP contribution in [0, 0.1) is 10.1 Å². The quantitative estimate of drug-likeness (QED) is 0.627. The van der Waals surface area contributed by atoms with Gasteiger partial charge in [-0.05, 0) is 12.5 Å². The number of nitrogens with two attached hydrogens (primary N) is 1. The van der Waals surface area contributed by atoms with E-state index >= 15 is 0 Å². The van der Waals surface area contributed by atoms with Crippen LogP contribution in [0.2, 0.25) is 0 Å². The van der Waals surface area contributed by atoms with Crippen molar-refractivity contribution in [2.45, 2.75) is 18.2 Å². The maximum Gasteiger partial charge on any atom is 0.271 e. The van der Waals surface area contributed by atoms with Crippen LogP contribution in [-0.2, 0) is 10.0 Å². The number of sulfonamides is 1. The summed E-state index contributed by atoms with van der Waals surface area (Å²) in [7, 11) is -4.05. The zero-order chi connectivity index (χ0) is 13.1. The number of non-ortho nitro benzene ring substituents is 1. The van der Waals surface area contributed by atoms with Gasteiger partial charge < -0.3 is 4.74 Å². The van der Waals surface area contributed by atoms with Gasteiger partial charge in [0.2, 0.25) is 10.0 Å². The largest absolute Gasteiger partial charge is 0.492 e. The molecule has 1 rings (SSSR count). The van der Waals surface area contributed by atoms with Crippen molar-refractivity contribution in [2.75, 3.05) is 6.61 Å². The molecule has 0 fully saturated rings. The molecule has 0 amide bonds. The minimum atomic E-state index is -4.05. The third-order valence-electron chi connectivity index (χ3n) is 1.91. The summed E-state index contributed by atoms with van der Waals surface area (Å²) in [5.74, 6) is 0.0277. The molecular formula is C9H12N2O5S. The third kappa shape index (κ3) is 3.40. The van der Waals surface area contributed by atoms with Gasteiger partial charge in [0.15, 0.2) is 0 Å². The number of benzene rings is 1. The molecule has 2 N–H and O–H groups in total. The van der Waals surface area contributed by atoms with Gasteiger partial charge in [-0.15, -0.1) is 0 Å². The highest BCUT2D eigenvalue weighted by Crippen LogP contribution is 2.27. The van der Waals surface area contributed by atoms with Crippen LogP contribution in [0.15, 0.2) is 23.1 Å². The van der Waals surface area contributed by atoms with E-state index in [1.165, 1.54) is 12.1 Å². The van der Waals surface area contributed by atoms with E-state index in [-0.39, 0.29) is 16.3 Å². The normalized spacial score (nSPS) is 11.2. The van der Waals surface area contributed by atoms with Gasteiger partial charge in [-0.3, -0.25) is 10.1 Å². The Balaban J connectivity index is 3.27. The van der Waals surface area contributed by atoms with Crippen molar-refractivity contribution in [1.29, 1.82) is 0 Å². The van der Waals surface area contributed by atoms with Crippen LogP contribution in [0.4, 0.5) is 5.69 Å². The number of nitro groups is 1. The predicted molar refractivity (Wildman–Crippen MR) is 60.3 cm³/mol. The molecule has 0 saturated heterocycles. The summed E-state index contributed by atoms with van der Waals surface area (Å²) >= 11 is 0. The first kappa shape index (κ1) is 13.4. The minimum absolute atomic E-state index is 0.0277. The van der Waals surface area contributed by atoms with Gasteiger partial charge in [0, 0.05) is 12.1 Å². The van der Waals surface area contributed by atoms with E-state index in [1.54, 1.807) is 0 Å². The van der Waals surface area contributed by atoms with Crippen LogP contribution >= 0.6 is 0 Å². The molecule has 0 aromatic heterocycles. The van der Waals surface area contributed by atoms with E-state index in [0.29, 0.717) is 13.0 Å². The Morgan fingerprint density at radius 2 is 2.12 bits per heavy atom. The average Bonchev–Trinajstić information content (AvgIpc) is 2.24. The third-order valence-corrected chi connectivity index (χ3v) is 2.84. The zero-order valence-corrected chi connectivity index (χ0v) is 9.94. The molecule has 0 spiro atoms. The minimum Gasteiger partial charge on any atom is -0.492 e. The predicted octanol–water partition coefficient (Wildman–Crippen LogP) is 1.03. The Kier molecular flexibility index (Phi) is 4.02. The van der Waals surface area contributed by atoms with Gasteiger partial charge in [0.1, 0.15) is 10.6 Å². The number of ether oxygens (including phenoxy) is 1. The molecule has 7 nitrogen and oxygen atoms in total. The molecule has 1 aromatic carbocycles. The van der Waals surface area contributed by atoms with Gasteiger partial charge in [0.25, 0.3) is 5.69 Å². The Morgan fingerprint density at radius 3 is 2.59 bits per heavy atom. The van der Waals surface area contributed by atoms with Gasteiger partial charge in [-0.2, -0.15) is 0 Å². The van der Waals surface area contributed by atoms with Crippen LogP contribution in [-0.4, -0.2) is 19.9 Å². The summed E-state index contributed by atoms with van der Waals surface area (Å²) in [6.45, 7) is 2.16. The zero-order valence-electron chi connectivity index (χ0n) is 9.12. The lowest BCUT2D eigenvalue weighted by molar-refractivity contribution is -0.385. The van der Waals surface area contributed by atoms with Crippen molar-refractivity contribution in [3.63, 3.8) is 0 Å². The molecule has 0 unspecified atom stereocenters. The second-order valence-electron chi connectivity index (χ2n) is 3.28. The molecule has 8 heteroatoms. The first-order valence-electron chi connectivity index (χ1n) is 4.80. The lowest BCUT2D eigenvalue weighted by Crippen LogP contribution is -2.14. The summed E-state index contributed by atoms with van der Waals surface area (Å²) < 4.78 is 27.7. The molecule has 0 aliphatic carbocycles. The summed E-state index contributed by atoms with van der Waals surface area (Å²) in [5, 5.41) is 15.5. The first-order chi connectivity index (χ1) is 7.86. The maximum atomic E-state index is 11.3. The van der Waals surface area contributed by atoms with Gasteiger partial charge in [-0.1, -0.05) is 6.92 Å². The number of nitro benzene ring substituents is 1. The molecule has 0 atom stereocenters. The molecule has 0 bridgehead atoms. The Labute approximate surface area is 98.4 Å². The van der Waals surface area contributed by atoms with E-state index in [1.807, 2.05) is 6.92 Å². The van der Waals surface area contributed by atoms with Gasteiger partial charge in [0.05, 0.1) is 11.5 Å². The highest BCUT2D eigenvalue weighted by Gasteiger charge is 2.19. The monoisotopic (exact) mass is 260 g/mol. The lowest BCUT2D eigenvalue weighted by atomic mass is 10.3. The van der Waals surface area contributed by atoms with Crippen molar-refractivity contribution in [1.82, 2.24) is 0 Å². The van der Waals surface area contributed by atoms with E-state index in [2.05, 4.69) is 0 Å². The molecule has 17 heavy (non-hydrogen) atoms. The fourth-order valence-corrected chi connectivity index (χ4v) is 1.86. The first-order valence-corrected chi connectivity index (χ1v) is 6.35. The van der Waals surface area contributed by atoms with Crippen molar-refractivity contribution in [3.05, 3.63) is 28.3 Å². The van der Waals surface area contributed by atoms with Crippen LogP contribution in [0.25, 0.3) is 0 Å². The van der Waals surface area contributed by atoms with Crippen molar-refractivity contribution < 1.29 is 18.1 Å². The Bertz CT molecular complexity index is 526. The van der Waals surface area contributed by atoms with E-state index in [0.717, 1.165) is 6.07 Å². The average molecular weight is 260 g/mol. The second kappa shape index (κ2) is 5.11. The van der Waals surface area contributed by atoms with Gasteiger partial charge >= 0.3 is 0 Å². The number of nitrogens with zero attached hydrogens (tertiary/aromatic N) is 1. The van der Waals surface area contributed by atoms with Crippen LogP contribution in [0.3, 0.4) is 0 Å². The summed E-state index contributed by atoms with van der Waals surface area (Å²) in [6.07, 6.45) is 0.682. The smallest absolute Gasteiger partial charge is 0.271 e. The highest BCUT2D eigenvalue weighted by atomic mass is 32.2. The molecule has 0 saturated carbocycles. The molecule has 94 valence electrons.